The molecule has 2 fully saturated rings. The van der Waals surface area contributed by atoms with Crippen LogP contribution >= 0.6 is 24.0 Å². The van der Waals surface area contributed by atoms with E-state index in [2.05, 4.69) is 35.2 Å². The second kappa shape index (κ2) is 11.8. The van der Waals surface area contributed by atoms with Gasteiger partial charge in [-0.25, -0.2) is 4.39 Å². The summed E-state index contributed by atoms with van der Waals surface area (Å²) in [5.41, 5.74) is 3.05. The van der Waals surface area contributed by atoms with Crippen LogP contribution in [0, 0.1) is 30.0 Å². The molecule has 0 atom stereocenters. The highest BCUT2D eigenvalue weighted by Gasteiger charge is 2.33. The van der Waals surface area contributed by atoms with Crippen LogP contribution < -0.4 is 10.5 Å². The van der Waals surface area contributed by atoms with Crippen LogP contribution in [0.3, 0.4) is 0 Å². The van der Waals surface area contributed by atoms with Crippen LogP contribution in [0.2, 0.25) is 0 Å². The number of amides is 1. The van der Waals surface area contributed by atoms with E-state index in [1.807, 2.05) is 6.07 Å². The average Bonchev–Trinajstić information content (AvgIpc) is 3.22. The van der Waals surface area contributed by atoms with Gasteiger partial charge in [-0.15, -0.1) is 0 Å². The number of thiocarbonyl (C=S) groups is 1. The third-order valence-corrected chi connectivity index (χ3v) is 9.03. The number of benzene rings is 2. The molecule has 40 heavy (non-hydrogen) atoms. The molecule has 2 aromatic carbocycles. The van der Waals surface area contributed by atoms with Crippen molar-refractivity contribution in [3.05, 3.63) is 103 Å². The van der Waals surface area contributed by atoms with Gasteiger partial charge in [-0.05, 0) is 67.0 Å². The minimum atomic E-state index is -0.345. The molecule has 0 aliphatic carbocycles. The molecule has 0 saturated carbocycles. The number of piperidine rings is 1. The Bertz CT molecular complexity index is 1580. The summed E-state index contributed by atoms with van der Waals surface area (Å²) in [7, 11) is 1.69. The number of aromatic nitrogens is 1. The molecule has 0 radical (unpaired) electrons. The minimum Gasteiger partial charge on any atom is -0.357 e. The predicted molar refractivity (Wildman–Crippen MR) is 161 cm³/mol. The first-order valence-corrected chi connectivity index (χ1v) is 14.4. The fraction of sp³-hybridized carbons (Fsp3) is 0.290. The maximum Gasteiger partial charge on any atom is 0.270 e. The van der Waals surface area contributed by atoms with Crippen molar-refractivity contribution in [2.24, 2.45) is 13.0 Å². The Morgan fingerprint density at radius 2 is 1.75 bits per heavy atom. The summed E-state index contributed by atoms with van der Waals surface area (Å²) in [6.45, 7) is 3.53. The van der Waals surface area contributed by atoms with E-state index in [1.165, 1.54) is 38.9 Å². The van der Waals surface area contributed by atoms with Crippen molar-refractivity contribution in [2.45, 2.75) is 32.7 Å². The fourth-order valence-corrected chi connectivity index (χ4v) is 6.67. The molecule has 0 bridgehead atoms. The lowest BCUT2D eigenvalue weighted by molar-refractivity contribution is -0.122. The van der Waals surface area contributed by atoms with Gasteiger partial charge >= 0.3 is 0 Å². The number of pyridine rings is 1. The van der Waals surface area contributed by atoms with Gasteiger partial charge in [0.25, 0.3) is 11.5 Å². The highest BCUT2D eigenvalue weighted by atomic mass is 32.2. The molecule has 9 heteroatoms. The SMILES string of the molecule is Cc1c(/C=C2/SC(=S)N(Cc3ccc(F)cc3)C2=O)c(N2CCC(Cc3ccccc3)CC2)n(C)c(=O)c1C#N. The number of hydrogen-bond acceptors (Lipinski definition) is 6. The Hall–Kier alpha value is -3.74. The van der Waals surface area contributed by atoms with Gasteiger partial charge in [0.05, 0.1) is 11.4 Å². The molecule has 3 heterocycles. The molecule has 5 rings (SSSR count). The highest BCUT2D eigenvalue weighted by Crippen LogP contribution is 2.37. The molecule has 1 aromatic heterocycles. The van der Waals surface area contributed by atoms with Gasteiger partial charge in [0.15, 0.2) is 0 Å². The van der Waals surface area contributed by atoms with E-state index in [4.69, 9.17) is 12.2 Å². The summed E-state index contributed by atoms with van der Waals surface area (Å²) in [6, 6.07) is 18.5. The molecular weight excluding hydrogens is 543 g/mol. The normalized spacial score (nSPS) is 17.1. The summed E-state index contributed by atoms with van der Waals surface area (Å²) in [5.74, 6) is 0.660. The minimum absolute atomic E-state index is 0.0678. The van der Waals surface area contributed by atoms with E-state index in [0.717, 1.165) is 37.9 Å². The molecule has 3 aromatic rings. The second-order valence-electron chi connectivity index (χ2n) is 10.2. The first-order chi connectivity index (χ1) is 19.3. The molecular formula is C31H29FN4O2S2. The second-order valence-corrected chi connectivity index (χ2v) is 11.9. The predicted octanol–water partition coefficient (Wildman–Crippen LogP) is 5.57. The van der Waals surface area contributed by atoms with Crippen LogP contribution in [-0.4, -0.2) is 32.8 Å². The van der Waals surface area contributed by atoms with Crippen molar-refractivity contribution in [2.75, 3.05) is 18.0 Å². The molecule has 204 valence electrons. The summed E-state index contributed by atoms with van der Waals surface area (Å²) in [6.07, 6.45) is 4.73. The summed E-state index contributed by atoms with van der Waals surface area (Å²) in [4.78, 5) is 30.7. The number of halogens is 1. The van der Waals surface area contributed by atoms with Crippen LogP contribution in [0.5, 0.6) is 0 Å². The Balaban J connectivity index is 1.45. The number of nitriles is 1. The van der Waals surface area contributed by atoms with Crippen molar-refractivity contribution < 1.29 is 9.18 Å². The standard InChI is InChI=1S/C31H29FN4O2S2/c1-20-25(17-27-30(38)36(31(39)40-27)19-23-8-10-24(32)11-9-23)28(34(2)29(37)26(20)18-33)35-14-12-22(13-15-35)16-21-6-4-3-5-7-21/h3-11,17,22H,12-16,19H2,1-2H3/b27-17+. The Morgan fingerprint density at radius 3 is 2.40 bits per heavy atom. The number of thioether (sulfide) groups is 1. The highest BCUT2D eigenvalue weighted by molar-refractivity contribution is 8.26. The maximum absolute atomic E-state index is 13.4. The average molecular weight is 573 g/mol. The molecule has 2 aliphatic rings. The van der Waals surface area contributed by atoms with E-state index in [9.17, 15) is 19.2 Å². The van der Waals surface area contributed by atoms with Gasteiger partial charge in [-0.2, -0.15) is 5.26 Å². The van der Waals surface area contributed by atoms with Gasteiger partial charge in [0.2, 0.25) is 0 Å². The molecule has 2 aliphatic heterocycles. The summed E-state index contributed by atoms with van der Waals surface area (Å²) in [5, 5.41) is 9.78. The van der Waals surface area contributed by atoms with Crippen LogP contribution in [0.1, 0.15) is 40.7 Å². The van der Waals surface area contributed by atoms with Crippen molar-refractivity contribution in [3.63, 3.8) is 0 Å². The molecule has 0 spiro atoms. The fourth-order valence-electron chi connectivity index (χ4n) is 5.43. The van der Waals surface area contributed by atoms with Crippen LogP contribution in [-0.2, 0) is 24.8 Å². The van der Waals surface area contributed by atoms with Gasteiger partial charge in [0.1, 0.15) is 27.6 Å². The van der Waals surface area contributed by atoms with Crippen LogP contribution in [0.15, 0.2) is 64.3 Å². The van der Waals surface area contributed by atoms with Crippen molar-refractivity contribution in [3.8, 4) is 6.07 Å². The molecule has 0 unspecified atom stereocenters. The Morgan fingerprint density at radius 1 is 1.07 bits per heavy atom. The third kappa shape index (κ3) is 5.60. The van der Waals surface area contributed by atoms with Gasteiger partial charge in [0, 0.05) is 25.7 Å². The van der Waals surface area contributed by atoms with Crippen LogP contribution in [0.4, 0.5) is 10.2 Å². The zero-order chi connectivity index (χ0) is 28.4. The Labute approximate surface area is 242 Å². The number of anilines is 1. The van der Waals surface area contributed by atoms with Gasteiger partial charge < -0.3 is 4.90 Å². The number of carbonyl (C=O) groups is 1. The largest absolute Gasteiger partial charge is 0.357 e. The van der Waals surface area contributed by atoms with E-state index >= 15 is 0 Å². The number of nitrogens with zero attached hydrogens (tertiary/aromatic N) is 4. The topological polar surface area (TPSA) is 69.3 Å². The molecule has 2 saturated heterocycles. The summed E-state index contributed by atoms with van der Waals surface area (Å²) >= 11 is 6.72. The first-order valence-electron chi connectivity index (χ1n) is 13.2. The number of rotatable bonds is 6. The third-order valence-electron chi connectivity index (χ3n) is 7.65. The first kappa shape index (κ1) is 27.8. The summed E-state index contributed by atoms with van der Waals surface area (Å²) < 4.78 is 15.3. The quantitative estimate of drug-likeness (QED) is 0.284. The van der Waals surface area contributed by atoms with E-state index in [0.29, 0.717) is 32.1 Å². The van der Waals surface area contributed by atoms with E-state index in [1.54, 1.807) is 32.2 Å². The molecule has 6 nitrogen and oxygen atoms in total. The van der Waals surface area contributed by atoms with E-state index in [-0.39, 0.29) is 29.4 Å². The van der Waals surface area contributed by atoms with Gasteiger partial charge in [-0.3, -0.25) is 19.1 Å². The number of hydrogen-bond donors (Lipinski definition) is 0. The van der Waals surface area contributed by atoms with Crippen molar-refractivity contribution >= 4 is 46.1 Å². The lowest BCUT2D eigenvalue weighted by Crippen LogP contribution is -2.39. The molecule has 1 amide bonds. The Kier molecular flexibility index (Phi) is 8.19. The van der Waals surface area contributed by atoms with Crippen molar-refractivity contribution in [1.82, 2.24) is 9.47 Å². The lowest BCUT2D eigenvalue weighted by Gasteiger charge is -2.36. The van der Waals surface area contributed by atoms with Crippen molar-refractivity contribution in [1.29, 1.82) is 5.26 Å². The smallest absolute Gasteiger partial charge is 0.270 e. The van der Waals surface area contributed by atoms with Gasteiger partial charge in [-0.1, -0.05) is 66.4 Å². The molecule has 0 N–H and O–H groups in total. The monoisotopic (exact) mass is 572 g/mol. The van der Waals surface area contributed by atoms with Crippen LogP contribution in [0.25, 0.3) is 6.08 Å². The number of carbonyl (C=O) groups excluding carboxylic acids is 1. The zero-order valence-corrected chi connectivity index (χ0v) is 24.0. The maximum atomic E-state index is 13.4. The zero-order valence-electron chi connectivity index (χ0n) is 22.4. The lowest BCUT2D eigenvalue weighted by atomic mass is 9.90. The van der Waals surface area contributed by atoms with E-state index < -0.39 is 0 Å².